The van der Waals surface area contributed by atoms with Crippen molar-refractivity contribution >= 4 is 5.91 Å². The number of piperidine rings is 1. The maximum Gasteiger partial charge on any atom is 0.225 e. The molecule has 1 aliphatic heterocycles. The highest BCUT2D eigenvalue weighted by atomic mass is 16.3. The fourth-order valence-corrected chi connectivity index (χ4v) is 3.26. The molecule has 0 aromatic heterocycles. The lowest BCUT2D eigenvalue weighted by Crippen LogP contribution is -2.40. The largest absolute Gasteiger partial charge is 0.388 e. The Kier molecular flexibility index (Phi) is 3.79. The lowest BCUT2D eigenvalue weighted by molar-refractivity contribution is -0.134. The van der Waals surface area contributed by atoms with Gasteiger partial charge in [-0.2, -0.15) is 0 Å². The van der Waals surface area contributed by atoms with Crippen LogP contribution in [0.3, 0.4) is 0 Å². The molecule has 2 fully saturated rings. The van der Waals surface area contributed by atoms with E-state index in [1.807, 2.05) is 35.2 Å². The molecular weight excluding hydrogens is 250 g/mol. The molecule has 1 aromatic rings. The first-order chi connectivity index (χ1) is 9.66. The Morgan fingerprint density at radius 2 is 1.85 bits per heavy atom. The van der Waals surface area contributed by atoms with Crippen LogP contribution in [0.5, 0.6) is 0 Å². The molecule has 1 aromatic carbocycles. The van der Waals surface area contributed by atoms with Crippen LogP contribution in [0.1, 0.15) is 37.9 Å². The van der Waals surface area contributed by atoms with Gasteiger partial charge < -0.3 is 10.0 Å². The van der Waals surface area contributed by atoms with Gasteiger partial charge in [0.1, 0.15) is 0 Å². The Hall–Kier alpha value is -1.35. The predicted octanol–water partition coefficient (Wildman–Crippen LogP) is 2.61. The third-order valence-corrected chi connectivity index (χ3v) is 4.87. The lowest BCUT2D eigenvalue weighted by Gasteiger charge is -2.34. The number of carbonyl (C=O) groups is 1. The minimum atomic E-state index is -0.395. The first kappa shape index (κ1) is 13.6. The van der Waals surface area contributed by atoms with Crippen LogP contribution < -0.4 is 0 Å². The van der Waals surface area contributed by atoms with E-state index in [1.54, 1.807) is 0 Å². The quantitative estimate of drug-likeness (QED) is 0.919. The highest BCUT2D eigenvalue weighted by Gasteiger charge is 2.42. The van der Waals surface area contributed by atoms with E-state index in [2.05, 4.69) is 6.92 Å². The summed E-state index contributed by atoms with van der Waals surface area (Å²) in [5.74, 6) is 1.48. The molecule has 1 saturated heterocycles. The minimum Gasteiger partial charge on any atom is -0.388 e. The van der Waals surface area contributed by atoms with Crippen molar-refractivity contribution < 1.29 is 9.90 Å². The van der Waals surface area contributed by atoms with Gasteiger partial charge in [-0.25, -0.2) is 0 Å². The summed E-state index contributed by atoms with van der Waals surface area (Å²) in [6.07, 6.45) is 2.48. The Morgan fingerprint density at radius 1 is 1.25 bits per heavy atom. The topological polar surface area (TPSA) is 40.5 Å². The number of hydrogen-bond donors (Lipinski definition) is 1. The molecular formula is C17H23NO2. The molecule has 2 aliphatic rings. The van der Waals surface area contributed by atoms with Crippen LogP contribution in [0.25, 0.3) is 0 Å². The van der Waals surface area contributed by atoms with Gasteiger partial charge in [-0.05, 0) is 36.7 Å². The van der Waals surface area contributed by atoms with E-state index < -0.39 is 6.10 Å². The molecule has 1 saturated carbocycles. The van der Waals surface area contributed by atoms with Crippen LogP contribution in [-0.4, -0.2) is 29.0 Å². The molecule has 3 rings (SSSR count). The number of benzene rings is 1. The third kappa shape index (κ3) is 2.73. The molecule has 108 valence electrons. The van der Waals surface area contributed by atoms with E-state index >= 15 is 0 Å². The summed E-state index contributed by atoms with van der Waals surface area (Å²) in [7, 11) is 0. The molecule has 0 radical (unpaired) electrons. The Labute approximate surface area is 120 Å². The zero-order valence-electron chi connectivity index (χ0n) is 12.0. The van der Waals surface area contributed by atoms with Crippen molar-refractivity contribution in [3.63, 3.8) is 0 Å². The van der Waals surface area contributed by atoms with Gasteiger partial charge in [0.05, 0.1) is 6.10 Å². The summed E-state index contributed by atoms with van der Waals surface area (Å²) in [4.78, 5) is 14.2. The van der Waals surface area contributed by atoms with Crippen LogP contribution >= 0.6 is 0 Å². The molecule has 0 spiro atoms. The van der Waals surface area contributed by atoms with Crippen LogP contribution in [-0.2, 0) is 4.79 Å². The molecule has 0 bridgehead atoms. The van der Waals surface area contributed by atoms with Crippen molar-refractivity contribution in [1.82, 2.24) is 4.90 Å². The van der Waals surface area contributed by atoms with E-state index in [0.717, 1.165) is 37.9 Å². The standard InChI is InChI=1S/C17H23NO2/c1-12-11-15(12)17(20)18-9-7-14(8-10-18)16(19)13-5-3-2-4-6-13/h2-6,12,14-16,19H,7-11H2,1H3. The van der Waals surface area contributed by atoms with Crippen LogP contribution in [0.4, 0.5) is 0 Å². The van der Waals surface area contributed by atoms with Crippen LogP contribution in [0.2, 0.25) is 0 Å². The van der Waals surface area contributed by atoms with Gasteiger partial charge in [-0.1, -0.05) is 37.3 Å². The fraction of sp³-hybridized carbons (Fsp3) is 0.588. The number of rotatable bonds is 3. The number of carbonyl (C=O) groups excluding carboxylic acids is 1. The monoisotopic (exact) mass is 273 g/mol. The second-order valence-corrected chi connectivity index (χ2v) is 6.34. The molecule has 3 atom stereocenters. The number of nitrogens with zero attached hydrogens (tertiary/aromatic N) is 1. The predicted molar refractivity (Wildman–Crippen MR) is 78.0 cm³/mol. The summed E-state index contributed by atoms with van der Waals surface area (Å²) >= 11 is 0. The van der Waals surface area contributed by atoms with Gasteiger partial charge in [0, 0.05) is 19.0 Å². The molecule has 3 nitrogen and oxygen atoms in total. The highest BCUT2D eigenvalue weighted by Crippen LogP contribution is 2.40. The first-order valence-electron chi connectivity index (χ1n) is 7.68. The van der Waals surface area contributed by atoms with Gasteiger partial charge in [0.15, 0.2) is 0 Å². The third-order valence-electron chi connectivity index (χ3n) is 4.87. The smallest absolute Gasteiger partial charge is 0.225 e. The number of amides is 1. The van der Waals surface area contributed by atoms with Crippen molar-refractivity contribution in [2.75, 3.05) is 13.1 Å². The Bertz CT molecular complexity index is 465. The van der Waals surface area contributed by atoms with Crippen LogP contribution in [0.15, 0.2) is 30.3 Å². The maximum absolute atomic E-state index is 12.2. The van der Waals surface area contributed by atoms with E-state index in [9.17, 15) is 9.90 Å². The second kappa shape index (κ2) is 5.57. The van der Waals surface area contributed by atoms with Crippen molar-refractivity contribution in [2.45, 2.75) is 32.3 Å². The normalized spacial score (nSPS) is 28.2. The zero-order chi connectivity index (χ0) is 14.1. The van der Waals surface area contributed by atoms with Crippen molar-refractivity contribution in [1.29, 1.82) is 0 Å². The van der Waals surface area contributed by atoms with Crippen molar-refractivity contribution in [2.24, 2.45) is 17.8 Å². The van der Waals surface area contributed by atoms with Crippen molar-refractivity contribution in [3.05, 3.63) is 35.9 Å². The maximum atomic E-state index is 12.2. The lowest BCUT2D eigenvalue weighted by atomic mass is 9.87. The number of likely N-dealkylation sites (tertiary alicyclic amines) is 1. The molecule has 1 N–H and O–H groups in total. The Morgan fingerprint density at radius 3 is 2.40 bits per heavy atom. The number of aliphatic hydroxyl groups is 1. The average Bonchev–Trinajstić information content (AvgIpc) is 3.24. The van der Waals surface area contributed by atoms with E-state index in [1.165, 1.54) is 0 Å². The minimum absolute atomic E-state index is 0.276. The van der Waals surface area contributed by atoms with Gasteiger partial charge in [-0.15, -0.1) is 0 Å². The van der Waals surface area contributed by atoms with E-state index in [4.69, 9.17) is 0 Å². The van der Waals surface area contributed by atoms with E-state index in [-0.39, 0.29) is 11.8 Å². The van der Waals surface area contributed by atoms with E-state index in [0.29, 0.717) is 11.8 Å². The molecule has 1 heterocycles. The summed E-state index contributed by atoms with van der Waals surface area (Å²) in [6.45, 7) is 3.75. The average molecular weight is 273 g/mol. The SMILES string of the molecule is CC1CC1C(=O)N1CCC(C(O)c2ccccc2)CC1. The van der Waals surface area contributed by atoms with Gasteiger partial charge in [-0.3, -0.25) is 4.79 Å². The highest BCUT2D eigenvalue weighted by molar-refractivity contribution is 5.81. The zero-order valence-corrected chi connectivity index (χ0v) is 12.0. The molecule has 1 aliphatic carbocycles. The Balaban J connectivity index is 1.54. The van der Waals surface area contributed by atoms with Crippen LogP contribution in [0, 0.1) is 17.8 Å². The first-order valence-corrected chi connectivity index (χ1v) is 7.68. The van der Waals surface area contributed by atoms with Gasteiger partial charge in [0.25, 0.3) is 0 Å². The number of hydrogen-bond acceptors (Lipinski definition) is 2. The van der Waals surface area contributed by atoms with Gasteiger partial charge >= 0.3 is 0 Å². The molecule has 1 amide bonds. The molecule has 3 heteroatoms. The summed E-state index contributed by atoms with van der Waals surface area (Å²) in [6, 6.07) is 9.85. The second-order valence-electron chi connectivity index (χ2n) is 6.34. The summed E-state index contributed by atoms with van der Waals surface area (Å²) < 4.78 is 0. The molecule has 20 heavy (non-hydrogen) atoms. The molecule has 3 unspecified atom stereocenters. The fourth-order valence-electron chi connectivity index (χ4n) is 3.26. The van der Waals surface area contributed by atoms with Gasteiger partial charge in [0.2, 0.25) is 5.91 Å². The summed E-state index contributed by atoms with van der Waals surface area (Å²) in [5, 5.41) is 10.4. The number of aliphatic hydroxyl groups excluding tert-OH is 1. The summed E-state index contributed by atoms with van der Waals surface area (Å²) in [5.41, 5.74) is 0.994. The van der Waals surface area contributed by atoms with Crippen molar-refractivity contribution in [3.8, 4) is 0 Å².